The van der Waals surface area contributed by atoms with Gasteiger partial charge in [0.2, 0.25) is 0 Å². The average Bonchev–Trinajstić information content (AvgIpc) is 3.30. The molecule has 0 amide bonds. The molecular weight excluding hydrogens is 368 g/mol. The maximum atomic E-state index is 10.7. The minimum atomic E-state index is -0.539. The van der Waals surface area contributed by atoms with E-state index in [0.29, 0.717) is 26.4 Å². The fourth-order valence-corrected chi connectivity index (χ4v) is 4.69. The van der Waals surface area contributed by atoms with Crippen LogP contribution in [0, 0.1) is 11.8 Å². The summed E-state index contributed by atoms with van der Waals surface area (Å²) < 4.78 is 24.4. The first-order valence-corrected chi connectivity index (χ1v) is 10.2. The molecule has 6 atom stereocenters. The van der Waals surface area contributed by atoms with Crippen LogP contribution in [0.4, 0.5) is 0 Å². The van der Waals surface area contributed by atoms with Crippen LogP contribution in [-0.2, 0) is 32.2 Å². The molecule has 2 aromatic rings. The van der Waals surface area contributed by atoms with Gasteiger partial charge in [-0.05, 0) is 16.7 Å². The fourth-order valence-electron chi connectivity index (χ4n) is 4.69. The molecule has 0 spiro atoms. The van der Waals surface area contributed by atoms with Crippen molar-refractivity contribution in [2.24, 2.45) is 11.8 Å². The Morgan fingerprint density at radius 2 is 1.62 bits per heavy atom. The average molecular weight is 394 g/mol. The van der Waals surface area contributed by atoms with Gasteiger partial charge in [0.15, 0.2) is 6.29 Å². The number of aliphatic hydroxyl groups excluding tert-OH is 1. The van der Waals surface area contributed by atoms with Crippen LogP contribution in [0.2, 0.25) is 0 Å². The Hall–Kier alpha value is -2.02. The first kappa shape index (κ1) is 19.0. The Balaban J connectivity index is 1.30. The van der Waals surface area contributed by atoms with Crippen LogP contribution < -0.4 is 0 Å². The Labute approximate surface area is 170 Å². The third-order valence-electron chi connectivity index (χ3n) is 6.06. The molecule has 29 heavy (non-hydrogen) atoms. The summed E-state index contributed by atoms with van der Waals surface area (Å²) >= 11 is 0. The molecule has 2 saturated heterocycles. The molecule has 2 aromatic carbocycles. The quantitative estimate of drug-likeness (QED) is 0.732. The first-order chi connectivity index (χ1) is 14.3. The summed E-state index contributed by atoms with van der Waals surface area (Å²) in [6.45, 7) is 1.89. The maximum absolute atomic E-state index is 10.7. The van der Waals surface area contributed by atoms with Crippen LogP contribution >= 0.6 is 0 Å². The number of rotatable bonds is 7. The van der Waals surface area contributed by atoms with E-state index in [2.05, 4.69) is 0 Å². The van der Waals surface area contributed by atoms with E-state index in [1.165, 1.54) is 0 Å². The molecule has 5 rings (SSSR count). The molecular formula is C24H26O5. The van der Waals surface area contributed by atoms with Crippen LogP contribution in [0.5, 0.6) is 0 Å². The molecule has 0 radical (unpaired) electrons. The normalized spacial score (nSPS) is 32.8. The van der Waals surface area contributed by atoms with E-state index in [0.717, 1.165) is 16.7 Å². The van der Waals surface area contributed by atoms with Gasteiger partial charge in [0, 0.05) is 11.8 Å². The number of aliphatic hydroxyl groups is 1. The monoisotopic (exact) mass is 394 g/mol. The summed E-state index contributed by atoms with van der Waals surface area (Å²) in [7, 11) is 0. The predicted octanol–water partition coefficient (Wildman–Crippen LogP) is 3.08. The Kier molecular flexibility index (Phi) is 5.48. The van der Waals surface area contributed by atoms with E-state index in [4.69, 9.17) is 18.9 Å². The SMILES string of the molecule is O[C@@H]1C=C2CO[C@H]3O[C@H](COCc4ccccc4)[C@@H](OCc4ccccc4)[C@@H]1[C@@H]23. The minimum absolute atomic E-state index is 0.0659. The van der Waals surface area contributed by atoms with Crippen molar-refractivity contribution in [3.8, 4) is 0 Å². The zero-order valence-electron chi connectivity index (χ0n) is 16.2. The standard InChI is InChI=1S/C24H26O5/c25-19-11-18-14-28-24-21(18)22(19)23(27-13-17-9-5-2-6-10-17)20(29-24)15-26-12-16-7-3-1-4-8-16/h1-11,19-25H,12-15H2/t19-,20-,21-,22+,23-,24+/m1/s1. The predicted molar refractivity (Wildman–Crippen MR) is 107 cm³/mol. The lowest BCUT2D eigenvalue weighted by molar-refractivity contribution is -0.265. The van der Waals surface area contributed by atoms with Gasteiger partial charge in [-0.1, -0.05) is 66.7 Å². The van der Waals surface area contributed by atoms with Gasteiger partial charge in [-0.3, -0.25) is 0 Å². The van der Waals surface area contributed by atoms with Crippen molar-refractivity contribution in [3.05, 3.63) is 83.4 Å². The van der Waals surface area contributed by atoms with Crippen molar-refractivity contribution in [1.82, 2.24) is 0 Å². The maximum Gasteiger partial charge on any atom is 0.165 e. The molecule has 1 N–H and O–H groups in total. The minimum Gasteiger partial charge on any atom is -0.389 e. The molecule has 2 heterocycles. The highest BCUT2D eigenvalue weighted by Gasteiger charge is 2.56. The van der Waals surface area contributed by atoms with E-state index in [9.17, 15) is 5.11 Å². The number of ether oxygens (including phenoxy) is 4. The second kappa shape index (κ2) is 8.38. The van der Waals surface area contributed by atoms with Gasteiger partial charge in [0.25, 0.3) is 0 Å². The summed E-state index contributed by atoms with van der Waals surface area (Å²) in [4.78, 5) is 0. The molecule has 2 aliphatic heterocycles. The third kappa shape index (κ3) is 3.89. The van der Waals surface area contributed by atoms with Crippen LogP contribution in [0.15, 0.2) is 72.3 Å². The van der Waals surface area contributed by atoms with E-state index in [-0.39, 0.29) is 30.3 Å². The van der Waals surface area contributed by atoms with Crippen LogP contribution in [-0.4, -0.2) is 42.9 Å². The Morgan fingerprint density at radius 1 is 0.931 bits per heavy atom. The van der Waals surface area contributed by atoms with E-state index in [1.807, 2.05) is 66.7 Å². The molecule has 0 bridgehead atoms. The summed E-state index contributed by atoms with van der Waals surface area (Å²) in [5, 5.41) is 10.7. The highest BCUT2D eigenvalue weighted by molar-refractivity contribution is 5.26. The fraction of sp³-hybridized carbons (Fsp3) is 0.417. The third-order valence-corrected chi connectivity index (χ3v) is 6.06. The molecule has 0 unspecified atom stereocenters. The van der Waals surface area contributed by atoms with E-state index >= 15 is 0 Å². The summed E-state index contributed by atoms with van der Waals surface area (Å²) in [5.41, 5.74) is 3.34. The molecule has 5 heteroatoms. The van der Waals surface area contributed by atoms with Gasteiger partial charge in [0.1, 0.15) is 6.10 Å². The highest BCUT2D eigenvalue weighted by atomic mass is 16.7. The van der Waals surface area contributed by atoms with Gasteiger partial charge in [-0.2, -0.15) is 0 Å². The second-order valence-electron chi connectivity index (χ2n) is 7.95. The lowest BCUT2D eigenvalue weighted by Gasteiger charge is -2.43. The summed E-state index contributed by atoms with van der Waals surface area (Å²) in [6, 6.07) is 20.2. The van der Waals surface area contributed by atoms with Crippen molar-refractivity contribution in [2.75, 3.05) is 13.2 Å². The van der Waals surface area contributed by atoms with E-state index in [1.54, 1.807) is 0 Å². The summed E-state index contributed by atoms with van der Waals surface area (Å²) in [6.07, 6.45) is 0.491. The van der Waals surface area contributed by atoms with Crippen LogP contribution in [0.3, 0.4) is 0 Å². The van der Waals surface area contributed by atoms with Gasteiger partial charge in [0.05, 0.1) is 38.6 Å². The van der Waals surface area contributed by atoms with Crippen molar-refractivity contribution >= 4 is 0 Å². The Morgan fingerprint density at radius 3 is 2.34 bits per heavy atom. The smallest absolute Gasteiger partial charge is 0.165 e. The topological polar surface area (TPSA) is 57.2 Å². The Bertz CT molecular complexity index is 837. The second-order valence-corrected chi connectivity index (χ2v) is 7.95. The number of hydrogen-bond acceptors (Lipinski definition) is 5. The molecule has 0 aromatic heterocycles. The van der Waals surface area contributed by atoms with Crippen LogP contribution in [0.25, 0.3) is 0 Å². The van der Waals surface area contributed by atoms with Crippen LogP contribution in [0.1, 0.15) is 11.1 Å². The lowest BCUT2D eigenvalue weighted by atomic mass is 9.81. The van der Waals surface area contributed by atoms with Crippen molar-refractivity contribution in [2.45, 2.75) is 37.8 Å². The molecule has 3 aliphatic rings. The molecule has 152 valence electrons. The van der Waals surface area contributed by atoms with Gasteiger partial charge < -0.3 is 24.1 Å². The zero-order chi connectivity index (χ0) is 19.6. The van der Waals surface area contributed by atoms with Gasteiger partial charge in [-0.15, -0.1) is 0 Å². The molecule has 5 nitrogen and oxygen atoms in total. The largest absolute Gasteiger partial charge is 0.389 e. The lowest BCUT2D eigenvalue weighted by Crippen LogP contribution is -2.54. The zero-order valence-corrected chi connectivity index (χ0v) is 16.2. The van der Waals surface area contributed by atoms with Crippen molar-refractivity contribution in [1.29, 1.82) is 0 Å². The molecule has 0 saturated carbocycles. The highest BCUT2D eigenvalue weighted by Crippen LogP contribution is 2.48. The van der Waals surface area contributed by atoms with E-state index < -0.39 is 6.10 Å². The van der Waals surface area contributed by atoms with Crippen molar-refractivity contribution < 1.29 is 24.1 Å². The molecule has 1 aliphatic carbocycles. The first-order valence-electron chi connectivity index (χ1n) is 10.2. The number of hydrogen-bond donors (Lipinski definition) is 1. The number of benzene rings is 2. The summed E-state index contributed by atoms with van der Waals surface area (Å²) in [5.74, 6) is -0.00330. The van der Waals surface area contributed by atoms with Gasteiger partial charge >= 0.3 is 0 Å². The molecule has 2 fully saturated rings. The van der Waals surface area contributed by atoms with Crippen molar-refractivity contribution in [3.63, 3.8) is 0 Å². The van der Waals surface area contributed by atoms with Gasteiger partial charge in [-0.25, -0.2) is 0 Å².